The number of halogens is 3. The minimum absolute atomic E-state index is 0.152. The molecule has 0 unspecified atom stereocenters. The lowest BCUT2D eigenvalue weighted by Crippen LogP contribution is -2.44. The Morgan fingerprint density at radius 2 is 1.74 bits per heavy atom. The van der Waals surface area contributed by atoms with Crippen LogP contribution in [0, 0.1) is 11.6 Å². The lowest BCUT2D eigenvalue weighted by Gasteiger charge is -2.33. The van der Waals surface area contributed by atoms with E-state index in [1.54, 1.807) is 4.90 Å². The topological polar surface area (TPSA) is 38.8 Å². The SMILES string of the molecule is CC(C)(C)OC(=O)N1CCC(Oc2cc(F)c(Br)c(F)c2)CC1. The zero-order valence-corrected chi connectivity index (χ0v) is 15.0. The first-order valence-corrected chi connectivity index (χ1v) is 8.24. The normalized spacial score (nSPS) is 16.3. The molecule has 128 valence electrons. The van der Waals surface area contributed by atoms with E-state index in [1.807, 2.05) is 20.8 Å². The maximum Gasteiger partial charge on any atom is 0.410 e. The van der Waals surface area contributed by atoms with E-state index in [1.165, 1.54) is 0 Å². The van der Waals surface area contributed by atoms with Gasteiger partial charge in [-0.2, -0.15) is 0 Å². The maximum atomic E-state index is 13.5. The van der Waals surface area contributed by atoms with Crippen molar-refractivity contribution < 1.29 is 23.0 Å². The van der Waals surface area contributed by atoms with Gasteiger partial charge in [0.05, 0.1) is 4.47 Å². The minimum atomic E-state index is -0.703. The number of carbonyl (C=O) groups is 1. The van der Waals surface area contributed by atoms with Crippen molar-refractivity contribution in [3.05, 3.63) is 28.2 Å². The summed E-state index contributed by atoms with van der Waals surface area (Å²) in [5, 5.41) is 0. The Morgan fingerprint density at radius 1 is 1.22 bits per heavy atom. The van der Waals surface area contributed by atoms with Gasteiger partial charge in [0.1, 0.15) is 29.1 Å². The highest BCUT2D eigenvalue weighted by molar-refractivity contribution is 9.10. The molecule has 1 aliphatic heterocycles. The highest BCUT2D eigenvalue weighted by Crippen LogP contribution is 2.27. The largest absolute Gasteiger partial charge is 0.490 e. The zero-order chi connectivity index (χ0) is 17.2. The Balaban J connectivity index is 1.89. The number of rotatable bonds is 2. The maximum absolute atomic E-state index is 13.5. The molecular weight excluding hydrogens is 372 g/mol. The molecule has 0 aromatic heterocycles. The number of carbonyl (C=O) groups excluding carboxylic acids is 1. The van der Waals surface area contributed by atoms with Crippen LogP contribution in [0.25, 0.3) is 0 Å². The third-order valence-electron chi connectivity index (χ3n) is 3.35. The highest BCUT2D eigenvalue weighted by atomic mass is 79.9. The van der Waals surface area contributed by atoms with E-state index < -0.39 is 17.2 Å². The van der Waals surface area contributed by atoms with Crippen LogP contribution in [0.1, 0.15) is 33.6 Å². The van der Waals surface area contributed by atoms with Gasteiger partial charge in [0, 0.05) is 38.1 Å². The van der Waals surface area contributed by atoms with Crippen molar-refractivity contribution in [3.8, 4) is 5.75 Å². The summed E-state index contributed by atoms with van der Waals surface area (Å²) >= 11 is 2.82. The molecule has 0 aliphatic carbocycles. The van der Waals surface area contributed by atoms with Crippen LogP contribution in [0.3, 0.4) is 0 Å². The van der Waals surface area contributed by atoms with Gasteiger partial charge >= 0.3 is 6.09 Å². The van der Waals surface area contributed by atoms with Crippen molar-refractivity contribution in [2.75, 3.05) is 13.1 Å². The van der Waals surface area contributed by atoms with Crippen molar-refractivity contribution in [1.29, 1.82) is 0 Å². The quantitative estimate of drug-likeness (QED) is 0.696. The lowest BCUT2D eigenvalue weighted by atomic mass is 10.1. The summed E-state index contributed by atoms with van der Waals surface area (Å²) in [6.45, 7) is 6.42. The first-order valence-electron chi connectivity index (χ1n) is 7.45. The van der Waals surface area contributed by atoms with Gasteiger partial charge in [-0.05, 0) is 36.7 Å². The molecule has 0 N–H and O–H groups in total. The average molecular weight is 392 g/mol. The van der Waals surface area contributed by atoms with Crippen LogP contribution in [0.4, 0.5) is 13.6 Å². The Bertz CT molecular complexity index is 558. The van der Waals surface area contributed by atoms with Crippen LogP contribution in [0.5, 0.6) is 5.75 Å². The van der Waals surface area contributed by atoms with Crippen LogP contribution in [-0.4, -0.2) is 35.8 Å². The lowest BCUT2D eigenvalue weighted by molar-refractivity contribution is 0.0126. The van der Waals surface area contributed by atoms with E-state index in [2.05, 4.69) is 15.9 Å². The molecule has 1 aliphatic rings. The zero-order valence-electron chi connectivity index (χ0n) is 13.4. The third kappa shape index (κ3) is 5.06. The number of likely N-dealkylation sites (tertiary alicyclic amines) is 1. The minimum Gasteiger partial charge on any atom is -0.490 e. The summed E-state index contributed by atoms with van der Waals surface area (Å²) in [4.78, 5) is 13.6. The molecule has 2 rings (SSSR count). The molecule has 1 aromatic rings. The van der Waals surface area contributed by atoms with Crippen LogP contribution < -0.4 is 4.74 Å². The molecule has 0 bridgehead atoms. The molecular formula is C16H20BrF2NO3. The van der Waals surface area contributed by atoms with Crippen molar-refractivity contribution >= 4 is 22.0 Å². The number of piperidine rings is 1. The van der Waals surface area contributed by atoms with Crippen LogP contribution >= 0.6 is 15.9 Å². The number of hydrogen-bond acceptors (Lipinski definition) is 3. The number of benzene rings is 1. The van der Waals surface area contributed by atoms with E-state index in [4.69, 9.17) is 9.47 Å². The molecule has 23 heavy (non-hydrogen) atoms. The summed E-state index contributed by atoms with van der Waals surface area (Å²) in [6, 6.07) is 2.29. The van der Waals surface area contributed by atoms with Gasteiger partial charge in [0.25, 0.3) is 0 Å². The Labute approximate surface area is 142 Å². The molecule has 0 spiro atoms. The molecule has 4 nitrogen and oxygen atoms in total. The van der Waals surface area contributed by atoms with E-state index in [-0.39, 0.29) is 22.4 Å². The summed E-state index contributed by atoms with van der Waals surface area (Å²) in [5.74, 6) is -1.25. The second-order valence-corrected chi connectivity index (χ2v) is 7.28. The van der Waals surface area contributed by atoms with Crippen molar-refractivity contribution in [2.24, 2.45) is 0 Å². The Morgan fingerprint density at radius 3 is 2.22 bits per heavy atom. The number of ether oxygens (including phenoxy) is 2. The second-order valence-electron chi connectivity index (χ2n) is 6.49. The van der Waals surface area contributed by atoms with E-state index in [0.717, 1.165) is 12.1 Å². The van der Waals surface area contributed by atoms with Gasteiger partial charge in [0.15, 0.2) is 0 Å². The third-order valence-corrected chi connectivity index (χ3v) is 4.11. The number of amides is 1. The molecule has 1 saturated heterocycles. The summed E-state index contributed by atoms with van der Waals surface area (Å²) in [5.41, 5.74) is -0.531. The Hall–Kier alpha value is -1.37. The van der Waals surface area contributed by atoms with E-state index >= 15 is 0 Å². The van der Waals surface area contributed by atoms with Gasteiger partial charge in [-0.25, -0.2) is 13.6 Å². The van der Waals surface area contributed by atoms with Gasteiger partial charge in [-0.3, -0.25) is 0 Å². The molecule has 1 amide bonds. The van der Waals surface area contributed by atoms with Gasteiger partial charge in [0.2, 0.25) is 0 Å². The molecule has 0 atom stereocenters. The standard InChI is InChI=1S/C16H20BrF2NO3/c1-16(2,3)23-15(21)20-6-4-10(5-7-20)22-11-8-12(18)14(17)13(19)9-11/h8-10H,4-7H2,1-3H3. The number of nitrogens with zero attached hydrogens (tertiary/aromatic N) is 1. The first kappa shape index (κ1) is 18.0. The second kappa shape index (κ2) is 7.03. The van der Waals surface area contributed by atoms with Crippen molar-refractivity contribution in [1.82, 2.24) is 4.90 Å². The molecule has 1 fully saturated rings. The van der Waals surface area contributed by atoms with Gasteiger partial charge in [-0.15, -0.1) is 0 Å². The monoisotopic (exact) mass is 391 g/mol. The van der Waals surface area contributed by atoms with Crippen molar-refractivity contribution in [2.45, 2.75) is 45.3 Å². The number of hydrogen-bond donors (Lipinski definition) is 0. The molecule has 0 saturated carbocycles. The molecule has 7 heteroatoms. The fourth-order valence-corrected chi connectivity index (χ4v) is 2.50. The fourth-order valence-electron chi connectivity index (χ4n) is 2.28. The van der Waals surface area contributed by atoms with E-state index in [9.17, 15) is 13.6 Å². The Kier molecular flexibility index (Phi) is 5.49. The molecule has 0 radical (unpaired) electrons. The van der Waals surface area contributed by atoms with E-state index in [0.29, 0.717) is 25.9 Å². The average Bonchev–Trinajstić information content (AvgIpc) is 2.43. The molecule has 1 aromatic carbocycles. The van der Waals surface area contributed by atoms with Crippen LogP contribution in [0.2, 0.25) is 0 Å². The van der Waals surface area contributed by atoms with Gasteiger partial charge in [-0.1, -0.05) is 0 Å². The predicted molar refractivity (Wildman–Crippen MR) is 85.5 cm³/mol. The summed E-state index contributed by atoms with van der Waals surface area (Å²) in [7, 11) is 0. The fraction of sp³-hybridized carbons (Fsp3) is 0.562. The molecule has 1 heterocycles. The van der Waals surface area contributed by atoms with Gasteiger partial charge < -0.3 is 14.4 Å². The summed E-state index contributed by atoms with van der Waals surface area (Å²) in [6.07, 6.45) is 0.627. The smallest absolute Gasteiger partial charge is 0.410 e. The first-order chi connectivity index (χ1) is 10.7. The van der Waals surface area contributed by atoms with Crippen molar-refractivity contribution in [3.63, 3.8) is 0 Å². The highest BCUT2D eigenvalue weighted by Gasteiger charge is 2.27. The predicted octanol–water partition coefficient (Wildman–Crippen LogP) is 4.51. The summed E-state index contributed by atoms with van der Waals surface area (Å²) < 4.78 is 37.7. The van der Waals surface area contributed by atoms with Crippen LogP contribution in [-0.2, 0) is 4.74 Å². The van der Waals surface area contributed by atoms with Crippen LogP contribution in [0.15, 0.2) is 16.6 Å².